The zero-order valence-electron chi connectivity index (χ0n) is 12.4. The van der Waals surface area contributed by atoms with Crippen molar-refractivity contribution >= 4 is 23.5 Å². The molecule has 110 valence electrons. The number of nitrogens with one attached hydrogen (secondary N) is 1. The van der Waals surface area contributed by atoms with E-state index in [9.17, 15) is 4.79 Å². The van der Waals surface area contributed by atoms with Crippen LogP contribution < -0.4 is 5.32 Å². The third-order valence-electron chi connectivity index (χ3n) is 3.90. The van der Waals surface area contributed by atoms with Gasteiger partial charge in [-0.15, -0.1) is 0 Å². The quantitative estimate of drug-likeness (QED) is 0.906. The highest BCUT2D eigenvalue weighted by Crippen LogP contribution is 2.32. The van der Waals surface area contributed by atoms with Crippen LogP contribution in [0.1, 0.15) is 36.5 Å². The van der Waals surface area contributed by atoms with Gasteiger partial charge in [-0.05, 0) is 38.2 Å². The second-order valence-electron chi connectivity index (χ2n) is 5.15. The maximum atomic E-state index is 12.6. The predicted molar refractivity (Wildman–Crippen MR) is 85.4 cm³/mol. The Labute approximate surface area is 125 Å². The molecule has 1 N–H and O–H groups in total. The predicted octanol–water partition coefficient (Wildman–Crippen LogP) is 2.87. The first-order valence-corrected chi connectivity index (χ1v) is 8.46. The van der Waals surface area contributed by atoms with Crippen molar-refractivity contribution in [2.75, 3.05) is 25.2 Å². The monoisotopic (exact) mass is 293 g/mol. The molecule has 1 aromatic rings. The lowest BCUT2D eigenvalue weighted by molar-refractivity contribution is 0.0738. The summed E-state index contributed by atoms with van der Waals surface area (Å²) in [5.74, 6) is 0.858. The van der Waals surface area contributed by atoms with E-state index in [2.05, 4.69) is 16.6 Å². The fourth-order valence-corrected chi connectivity index (χ4v) is 3.86. The molecule has 4 nitrogen and oxygen atoms in total. The molecule has 0 unspecified atom stereocenters. The number of hydrogen-bond acceptors (Lipinski definition) is 4. The van der Waals surface area contributed by atoms with Crippen LogP contribution in [0, 0.1) is 0 Å². The Morgan fingerprint density at radius 3 is 3.05 bits per heavy atom. The van der Waals surface area contributed by atoms with E-state index in [1.165, 1.54) is 12.8 Å². The summed E-state index contributed by atoms with van der Waals surface area (Å²) >= 11 is 1.87. The van der Waals surface area contributed by atoms with E-state index in [1.54, 1.807) is 12.3 Å². The lowest BCUT2D eigenvalue weighted by Gasteiger charge is -2.29. The number of aromatic nitrogens is 1. The fraction of sp³-hybridized carbons (Fsp3) is 0.600. The number of carbonyl (C=O) groups excluding carboxylic acids is 1. The number of nitrogens with zero attached hydrogens (tertiary/aromatic N) is 2. The Morgan fingerprint density at radius 2 is 2.35 bits per heavy atom. The zero-order valence-corrected chi connectivity index (χ0v) is 13.2. The lowest BCUT2D eigenvalue weighted by atomic mass is 10.1. The average Bonchev–Trinajstić information content (AvgIpc) is 2.95. The number of thioether (sulfide) groups is 1. The van der Waals surface area contributed by atoms with Gasteiger partial charge in [-0.1, -0.05) is 6.42 Å². The molecule has 1 aliphatic carbocycles. The Balaban J connectivity index is 2.11. The van der Waals surface area contributed by atoms with Gasteiger partial charge in [0.25, 0.3) is 5.91 Å². The van der Waals surface area contributed by atoms with E-state index in [1.807, 2.05) is 36.7 Å². The maximum Gasteiger partial charge on any atom is 0.254 e. The molecule has 0 aliphatic heterocycles. The third kappa shape index (κ3) is 3.26. The summed E-state index contributed by atoms with van der Waals surface area (Å²) in [5, 5.41) is 3.71. The molecule has 0 spiro atoms. The molecule has 1 amide bonds. The van der Waals surface area contributed by atoms with E-state index >= 15 is 0 Å². The normalized spacial score (nSPS) is 21.8. The molecular weight excluding hydrogens is 270 g/mol. The van der Waals surface area contributed by atoms with Crippen LogP contribution in [0.2, 0.25) is 0 Å². The van der Waals surface area contributed by atoms with E-state index < -0.39 is 0 Å². The van der Waals surface area contributed by atoms with Gasteiger partial charge in [-0.2, -0.15) is 11.8 Å². The highest BCUT2D eigenvalue weighted by Gasteiger charge is 2.32. The number of anilines is 1. The minimum Gasteiger partial charge on any atom is -0.370 e. The summed E-state index contributed by atoms with van der Waals surface area (Å²) in [5.41, 5.74) is 0.713. The first kappa shape index (κ1) is 15.2. The summed E-state index contributed by atoms with van der Waals surface area (Å²) in [4.78, 5) is 18.7. The van der Waals surface area contributed by atoms with Crippen molar-refractivity contribution in [2.45, 2.75) is 37.5 Å². The first-order valence-electron chi connectivity index (χ1n) is 7.17. The Kier molecular flexibility index (Phi) is 5.29. The van der Waals surface area contributed by atoms with Gasteiger partial charge in [0.05, 0.1) is 0 Å². The first-order chi connectivity index (χ1) is 9.67. The minimum atomic E-state index is 0.0949. The molecule has 0 bridgehead atoms. The average molecular weight is 293 g/mol. The van der Waals surface area contributed by atoms with Crippen molar-refractivity contribution in [3.05, 3.63) is 23.9 Å². The second kappa shape index (κ2) is 6.97. The molecule has 1 fully saturated rings. The zero-order chi connectivity index (χ0) is 14.5. The standard InChI is InChI=1S/C15H23N3OS/c1-4-16-14-10-11(8-9-17-14)15(19)18(2)12-6-5-7-13(12)20-3/h8-10,12-13H,4-7H2,1-3H3,(H,16,17)/t12-,13-/m1/s1. The van der Waals surface area contributed by atoms with Crippen molar-refractivity contribution in [1.29, 1.82) is 0 Å². The number of pyridine rings is 1. The van der Waals surface area contributed by atoms with E-state index in [-0.39, 0.29) is 5.91 Å². The van der Waals surface area contributed by atoms with E-state index in [0.717, 1.165) is 18.8 Å². The van der Waals surface area contributed by atoms with Crippen molar-refractivity contribution in [3.63, 3.8) is 0 Å². The van der Waals surface area contributed by atoms with Gasteiger partial charge in [-0.25, -0.2) is 4.98 Å². The van der Waals surface area contributed by atoms with Gasteiger partial charge in [0.1, 0.15) is 5.82 Å². The minimum absolute atomic E-state index is 0.0949. The lowest BCUT2D eigenvalue weighted by Crippen LogP contribution is -2.40. The maximum absolute atomic E-state index is 12.6. The molecule has 2 rings (SSSR count). The molecular formula is C15H23N3OS. The molecule has 2 atom stereocenters. The topological polar surface area (TPSA) is 45.2 Å². The largest absolute Gasteiger partial charge is 0.370 e. The summed E-state index contributed by atoms with van der Waals surface area (Å²) in [7, 11) is 1.93. The number of hydrogen-bond donors (Lipinski definition) is 1. The highest BCUT2D eigenvalue weighted by atomic mass is 32.2. The van der Waals surface area contributed by atoms with Crippen LogP contribution in [0.3, 0.4) is 0 Å². The SMILES string of the molecule is CCNc1cc(C(=O)N(C)[C@@H]2CCC[C@H]2SC)ccn1. The van der Waals surface area contributed by atoms with Crippen LogP contribution >= 0.6 is 11.8 Å². The van der Waals surface area contributed by atoms with Crippen LogP contribution in [-0.2, 0) is 0 Å². The van der Waals surface area contributed by atoms with Crippen molar-refractivity contribution < 1.29 is 4.79 Å². The van der Waals surface area contributed by atoms with E-state index in [4.69, 9.17) is 0 Å². The van der Waals surface area contributed by atoms with Crippen molar-refractivity contribution in [2.24, 2.45) is 0 Å². The van der Waals surface area contributed by atoms with Crippen LogP contribution in [0.5, 0.6) is 0 Å². The van der Waals surface area contributed by atoms with Gasteiger partial charge < -0.3 is 10.2 Å². The molecule has 0 radical (unpaired) electrons. The molecule has 1 saturated carbocycles. The van der Waals surface area contributed by atoms with Crippen LogP contribution in [0.15, 0.2) is 18.3 Å². The van der Waals surface area contributed by atoms with Crippen LogP contribution in [-0.4, -0.2) is 46.9 Å². The molecule has 1 aliphatic rings. The molecule has 1 heterocycles. The van der Waals surface area contributed by atoms with Gasteiger partial charge >= 0.3 is 0 Å². The smallest absolute Gasteiger partial charge is 0.254 e. The van der Waals surface area contributed by atoms with E-state index in [0.29, 0.717) is 16.9 Å². The van der Waals surface area contributed by atoms with Gasteiger partial charge in [0, 0.05) is 36.6 Å². The second-order valence-corrected chi connectivity index (χ2v) is 6.23. The van der Waals surface area contributed by atoms with Crippen LogP contribution in [0.4, 0.5) is 5.82 Å². The molecule has 5 heteroatoms. The van der Waals surface area contributed by atoms with Gasteiger partial charge in [-0.3, -0.25) is 4.79 Å². The summed E-state index contributed by atoms with van der Waals surface area (Å²) < 4.78 is 0. The number of carbonyl (C=O) groups is 1. The molecule has 0 aromatic carbocycles. The summed E-state index contributed by atoms with van der Waals surface area (Å²) in [6, 6.07) is 3.99. The summed E-state index contributed by atoms with van der Waals surface area (Å²) in [6.07, 6.45) is 7.37. The Morgan fingerprint density at radius 1 is 1.55 bits per heavy atom. The Hall–Kier alpha value is -1.23. The number of amides is 1. The summed E-state index contributed by atoms with van der Waals surface area (Å²) in [6.45, 7) is 2.82. The van der Waals surface area contributed by atoms with Gasteiger partial charge in [0.15, 0.2) is 0 Å². The van der Waals surface area contributed by atoms with Crippen molar-refractivity contribution in [1.82, 2.24) is 9.88 Å². The third-order valence-corrected chi connectivity index (χ3v) is 5.06. The Bertz CT molecular complexity index is 466. The molecule has 1 aromatic heterocycles. The van der Waals surface area contributed by atoms with Gasteiger partial charge in [0.2, 0.25) is 0 Å². The number of rotatable bonds is 5. The molecule has 0 saturated heterocycles. The van der Waals surface area contributed by atoms with Crippen LogP contribution in [0.25, 0.3) is 0 Å². The highest BCUT2D eigenvalue weighted by molar-refractivity contribution is 7.99. The van der Waals surface area contributed by atoms with Crippen molar-refractivity contribution in [3.8, 4) is 0 Å². The molecule has 20 heavy (non-hydrogen) atoms. The fourth-order valence-electron chi connectivity index (χ4n) is 2.82.